The molecule has 1 aromatic heterocycles. The number of hydrogen-bond donors (Lipinski definition) is 0. The largest absolute Gasteiger partial charge is 0.450 e. The first-order valence-electron chi connectivity index (χ1n) is 9.61. The van der Waals surface area contributed by atoms with Crippen LogP contribution in [0.5, 0.6) is 5.75 Å². The Morgan fingerprint density at radius 1 is 0.970 bits per heavy atom. The Morgan fingerprint density at radius 2 is 1.67 bits per heavy atom. The van der Waals surface area contributed by atoms with E-state index in [2.05, 4.69) is 0 Å². The van der Waals surface area contributed by atoms with E-state index < -0.39 is 28.9 Å². The van der Waals surface area contributed by atoms with Gasteiger partial charge in [0.15, 0.2) is 0 Å². The number of esters is 1. The third-order valence-corrected chi connectivity index (χ3v) is 4.94. The van der Waals surface area contributed by atoms with E-state index >= 15 is 0 Å². The highest BCUT2D eigenvalue weighted by Gasteiger charge is 2.39. The molecule has 0 amide bonds. The number of ether oxygens (including phenoxy) is 1. The lowest BCUT2D eigenvalue weighted by Gasteiger charge is -2.13. The predicted octanol–water partition coefficient (Wildman–Crippen LogP) is 6.75. The van der Waals surface area contributed by atoms with Crippen molar-refractivity contribution < 1.29 is 27.1 Å². The molecular formula is C25H14ClF3O4. The zero-order valence-electron chi connectivity index (χ0n) is 16.7. The summed E-state index contributed by atoms with van der Waals surface area (Å²) in [7, 11) is 0. The van der Waals surface area contributed by atoms with Crippen LogP contribution in [0.3, 0.4) is 0 Å². The van der Waals surface area contributed by atoms with Crippen LogP contribution in [0.25, 0.3) is 28.2 Å². The maximum Gasteiger partial charge on any atom is 0.450 e. The van der Waals surface area contributed by atoms with E-state index in [9.17, 15) is 22.8 Å². The van der Waals surface area contributed by atoms with Crippen LogP contribution in [0.15, 0.2) is 88.1 Å². The van der Waals surface area contributed by atoms with Crippen LogP contribution >= 0.6 is 11.6 Å². The van der Waals surface area contributed by atoms with Crippen molar-refractivity contribution in [2.24, 2.45) is 0 Å². The minimum absolute atomic E-state index is 0.0175. The smallest absolute Gasteiger partial charge is 0.450 e. The standard InChI is InChI=1S/C25H14ClF3O4/c26-17-9-7-16(8-10-17)22-23(31)19-12-11-18(14-20(19)33-24(22)25(27,28)29)32-21(30)13-6-15-4-2-1-3-5-15/h1-14H/b13-6+. The van der Waals surface area contributed by atoms with Crippen LogP contribution in [-0.2, 0) is 11.0 Å². The zero-order valence-corrected chi connectivity index (χ0v) is 17.5. The van der Waals surface area contributed by atoms with Crippen molar-refractivity contribution in [2.45, 2.75) is 6.18 Å². The van der Waals surface area contributed by atoms with Crippen LogP contribution in [0.1, 0.15) is 11.3 Å². The molecule has 4 aromatic rings. The molecule has 4 nitrogen and oxygen atoms in total. The minimum atomic E-state index is -4.94. The van der Waals surface area contributed by atoms with E-state index in [-0.39, 0.29) is 22.3 Å². The molecule has 0 radical (unpaired) electrons. The quantitative estimate of drug-likeness (QED) is 0.188. The molecule has 0 aliphatic rings. The summed E-state index contributed by atoms with van der Waals surface area (Å²) in [4.78, 5) is 25.1. The van der Waals surface area contributed by atoms with Crippen LogP contribution < -0.4 is 10.2 Å². The molecule has 0 atom stereocenters. The fraction of sp³-hybridized carbons (Fsp3) is 0.0400. The second-order valence-corrected chi connectivity index (χ2v) is 7.40. The van der Waals surface area contributed by atoms with Crippen molar-refractivity contribution in [3.05, 3.63) is 105 Å². The molecule has 33 heavy (non-hydrogen) atoms. The van der Waals surface area contributed by atoms with Crippen LogP contribution in [-0.4, -0.2) is 5.97 Å². The fourth-order valence-electron chi connectivity index (χ4n) is 3.19. The van der Waals surface area contributed by atoms with Crippen LogP contribution in [0.2, 0.25) is 5.02 Å². The van der Waals surface area contributed by atoms with Gasteiger partial charge in [-0.1, -0.05) is 54.1 Å². The molecule has 8 heteroatoms. The second kappa shape index (κ2) is 8.96. The predicted molar refractivity (Wildman–Crippen MR) is 119 cm³/mol. The maximum atomic E-state index is 13.7. The SMILES string of the molecule is O=C(/C=C/c1ccccc1)Oc1ccc2c(=O)c(-c3ccc(Cl)cc3)c(C(F)(F)F)oc2c1. The first-order valence-corrected chi connectivity index (χ1v) is 9.99. The summed E-state index contributed by atoms with van der Waals surface area (Å²) in [5.74, 6) is -2.26. The summed E-state index contributed by atoms with van der Waals surface area (Å²) in [5, 5.41) is 0.220. The fourth-order valence-corrected chi connectivity index (χ4v) is 3.32. The van der Waals surface area contributed by atoms with Gasteiger partial charge in [-0.25, -0.2) is 4.79 Å². The molecule has 0 fully saturated rings. The molecule has 166 valence electrons. The Hall–Kier alpha value is -3.84. The first kappa shape index (κ1) is 22.4. The normalized spacial score (nSPS) is 11.8. The average molecular weight is 471 g/mol. The number of halogens is 4. The molecule has 4 rings (SSSR count). The van der Waals surface area contributed by atoms with Crippen molar-refractivity contribution in [1.82, 2.24) is 0 Å². The molecule has 0 aliphatic carbocycles. The van der Waals surface area contributed by atoms with Crippen LogP contribution in [0, 0.1) is 0 Å². The molecule has 0 unspecified atom stereocenters. The van der Waals surface area contributed by atoms with Crippen molar-refractivity contribution in [2.75, 3.05) is 0 Å². The van der Waals surface area contributed by atoms with Crippen molar-refractivity contribution in [3.8, 4) is 16.9 Å². The van der Waals surface area contributed by atoms with Gasteiger partial charge in [0.25, 0.3) is 0 Å². The Balaban J connectivity index is 1.73. The molecule has 1 heterocycles. The van der Waals surface area contributed by atoms with Gasteiger partial charge in [-0.15, -0.1) is 0 Å². The number of rotatable bonds is 4. The summed E-state index contributed by atoms with van der Waals surface area (Å²) in [6, 6.07) is 18.0. The van der Waals surface area contributed by atoms with Gasteiger partial charge in [-0.2, -0.15) is 13.2 Å². The molecule has 0 saturated carbocycles. The molecule has 0 N–H and O–H groups in total. The second-order valence-electron chi connectivity index (χ2n) is 6.96. The van der Waals surface area contributed by atoms with Crippen LogP contribution in [0.4, 0.5) is 13.2 Å². The number of fused-ring (bicyclic) bond motifs is 1. The van der Waals surface area contributed by atoms with Gasteiger partial charge in [-0.05, 0) is 41.5 Å². The monoisotopic (exact) mass is 470 g/mol. The van der Waals surface area contributed by atoms with E-state index in [1.165, 1.54) is 48.6 Å². The number of alkyl halides is 3. The maximum absolute atomic E-state index is 13.7. The highest BCUT2D eigenvalue weighted by atomic mass is 35.5. The Labute approximate surface area is 190 Å². The lowest BCUT2D eigenvalue weighted by Crippen LogP contribution is -2.16. The number of benzene rings is 3. The summed E-state index contributed by atoms with van der Waals surface area (Å²) in [5.41, 5.74) is -1.07. The van der Waals surface area contributed by atoms with E-state index in [1.54, 1.807) is 24.3 Å². The van der Waals surface area contributed by atoms with Crippen molar-refractivity contribution in [3.63, 3.8) is 0 Å². The summed E-state index contributed by atoms with van der Waals surface area (Å²) >= 11 is 5.81. The van der Waals surface area contributed by atoms with Crippen molar-refractivity contribution >= 4 is 34.6 Å². The first-order chi connectivity index (χ1) is 15.7. The molecule has 0 bridgehead atoms. The Morgan fingerprint density at radius 3 is 2.33 bits per heavy atom. The van der Waals surface area contributed by atoms with E-state index in [1.807, 2.05) is 6.07 Å². The average Bonchev–Trinajstić information content (AvgIpc) is 2.78. The van der Waals surface area contributed by atoms with Crippen molar-refractivity contribution in [1.29, 1.82) is 0 Å². The zero-order chi connectivity index (χ0) is 23.6. The van der Waals surface area contributed by atoms with Gasteiger partial charge in [-0.3, -0.25) is 4.79 Å². The van der Waals surface area contributed by atoms with E-state index in [0.29, 0.717) is 5.02 Å². The topological polar surface area (TPSA) is 56.5 Å². The summed E-state index contributed by atoms with van der Waals surface area (Å²) < 4.78 is 51.5. The molecule has 0 aliphatic heterocycles. The van der Waals surface area contributed by atoms with Gasteiger partial charge in [0.05, 0.1) is 10.9 Å². The summed E-state index contributed by atoms with van der Waals surface area (Å²) in [6.07, 6.45) is -2.22. The Kier molecular flexibility index (Phi) is 6.07. The van der Waals surface area contributed by atoms with E-state index in [0.717, 1.165) is 11.6 Å². The van der Waals surface area contributed by atoms with Gasteiger partial charge in [0.1, 0.15) is 11.3 Å². The third kappa shape index (κ3) is 4.99. The lowest BCUT2D eigenvalue weighted by atomic mass is 10.0. The van der Waals surface area contributed by atoms with Gasteiger partial charge in [0, 0.05) is 17.2 Å². The third-order valence-electron chi connectivity index (χ3n) is 4.68. The highest BCUT2D eigenvalue weighted by molar-refractivity contribution is 6.30. The van der Waals surface area contributed by atoms with Gasteiger partial charge >= 0.3 is 12.1 Å². The van der Waals surface area contributed by atoms with Gasteiger partial charge < -0.3 is 9.15 Å². The molecule has 0 spiro atoms. The molecule has 3 aromatic carbocycles. The lowest BCUT2D eigenvalue weighted by molar-refractivity contribution is -0.152. The number of carbonyl (C=O) groups excluding carboxylic acids is 1. The molecule has 0 saturated heterocycles. The number of hydrogen-bond acceptors (Lipinski definition) is 4. The number of carbonyl (C=O) groups is 1. The minimum Gasteiger partial charge on any atom is -0.450 e. The summed E-state index contributed by atoms with van der Waals surface area (Å²) in [6.45, 7) is 0. The highest BCUT2D eigenvalue weighted by Crippen LogP contribution is 2.38. The Bertz CT molecular complexity index is 1410. The van der Waals surface area contributed by atoms with Gasteiger partial charge in [0.2, 0.25) is 11.2 Å². The molecular weight excluding hydrogens is 457 g/mol. The van der Waals surface area contributed by atoms with E-state index in [4.69, 9.17) is 20.8 Å².